The van der Waals surface area contributed by atoms with E-state index in [0.29, 0.717) is 49.4 Å². The fourth-order valence-electron chi connectivity index (χ4n) is 6.56. The van der Waals surface area contributed by atoms with Crippen molar-refractivity contribution in [2.45, 2.75) is 44.3 Å². The Balaban J connectivity index is 1.19. The van der Waals surface area contributed by atoms with Gasteiger partial charge < -0.3 is 20.2 Å². The van der Waals surface area contributed by atoms with Gasteiger partial charge in [0.15, 0.2) is 0 Å². The van der Waals surface area contributed by atoms with E-state index in [2.05, 4.69) is 10.2 Å². The predicted octanol–water partition coefficient (Wildman–Crippen LogP) is 4.00. The van der Waals surface area contributed by atoms with Crippen LogP contribution in [-0.2, 0) is 39.0 Å². The average Bonchev–Trinajstić information content (AvgIpc) is 3.91. The highest BCUT2D eigenvalue weighted by Gasteiger charge is 2.38. The molecule has 0 spiro atoms. The largest absolute Gasteiger partial charge is 0.465 e. The van der Waals surface area contributed by atoms with Gasteiger partial charge in [-0.15, -0.1) is 0 Å². The highest BCUT2D eigenvalue weighted by molar-refractivity contribution is 7.92. The summed E-state index contributed by atoms with van der Waals surface area (Å²) in [5.41, 5.74) is 3.99. The second kappa shape index (κ2) is 14.1. The lowest BCUT2D eigenvalue weighted by molar-refractivity contribution is -0.138. The predicted molar refractivity (Wildman–Crippen MR) is 185 cm³/mol. The number of piperazine rings is 1. The van der Waals surface area contributed by atoms with Gasteiger partial charge in [0.1, 0.15) is 12.1 Å². The zero-order valence-electron chi connectivity index (χ0n) is 26.8. The molecule has 2 fully saturated rings. The standard InChI is InChI=1S/C35H40ClN5O6S/c1-48(46,47)41(22-25-10-11-25)31-9-5-4-8-30(31)38-16-18-39(19-17-38)34(43)29(20-24-12-14-28(36)15-13-24)37-33(42)32-21-26-6-2-3-7-27(26)23-40(32)35(44)45/h2-9,12-15,25,29,32H,10-11,16-23H2,1H3,(H,37,42)(H,44,45)/t29-,32+/m1/s1. The number of fused-ring (bicyclic) bond motifs is 1. The molecule has 2 heterocycles. The van der Waals surface area contributed by atoms with Crippen LogP contribution in [0, 0.1) is 5.92 Å². The van der Waals surface area contributed by atoms with Crippen molar-refractivity contribution in [3.8, 4) is 0 Å². The quantitative estimate of drug-likeness (QED) is 0.328. The number of sulfonamides is 1. The Bertz CT molecular complexity index is 1780. The second-order valence-electron chi connectivity index (χ2n) is 12.8. The fourth-order valence-corrected chi connectivity index (χ4v) is 7.68. The molecule has 1 saturated carbocycles. The summed E-state index contributed by atoms with van der Waals surface area (Å²) < 4.78 is 27.1. The molecule has 2 N–H and O–H groups in total. The van der Waals surface area contributed by atoms with Gasteiger partial charge in [-0.1, -0.05) is 60.1 Å². The van der Waals surface area contributed by atoms with Crippen molar-refractivity contribution < 1.29 is 27.9 Å². The minimum atomic E-state index is -3.50. The van der Waals surface area contributed by atoms with E-state index in [4.69, 9.17) is 11.6 Å². The molecule has 254 valence electrons. The van der Waals surface area contributed by atoms with Gasteiger partial charge >= 0.3 is 6.09 Å². The molecule has 1 saturated heterocycles. The number of carbonyl (C=O) groups excluding carboxylic acids is 2. The number of carbonyl (C=O) groups is 3. The van der Waals surface area contributed by atoms with Crippen molar-refractivity contribution in [3.63, 3.8) is 0 Å². The molecule has 0 aromatic heterocycles. The molecule has 11 nitrogen and oxygen atoms in total. The lowest BCUT2D eigenvalue weighted by Gasteiger charge is -2.40. The minimum Gasteiger partial charge on any atom is -0.465 e. The minimum absolute atomic E-state index is 0.0836. The molecular formula is C35H40ClN5O6S. The molecule has 3 aromatic rings. The lowest BCUT2D eigenvalue weighted by atomic mass is 9.93. The first-order valence-electron chi connectivity index (χ1n) is 16.2. The Labute approximate surface area is 286 Å². The third-order valence-corrected chi connectivity index (χ3v) is 10.8. The summed E-state index contributed by atoms with van der Waals surface area (Å²) in [6.45, 7) is 2.20. The number of benzene rings is 3. The smallest absolute Gasteiger partial charge is 0.408 e. The van der Waals surface area contributed by atoms with Crippen molar-refractivity contribution in [2.75, 3.05) is 48.2 Å². The van der Waals surface area contributed by atoms with E-state index in [1.165, 1.54) is 10.6 Å². The molecule has 48 heavy (non-hydrogen) atoms. The normalized spacial score (nSPS) is 18.5. The molecule has 2 atom stereocenters. The number of halogens is 1. The molecule has 3 amide bonds. The molecule has 0 unspecified atom stereocenters. The number of nitrogens with zero attached hydrogens (tertiary/aromatic N) is 4. The first kappa shape index (κ1) is 33.6. The van der Waals surface area contributed by atoms with Gasteiger partial charge in [0.05, 0.1) is 24.2 Å². The second-order valence-corrected chi connectivity index (χ2v) is 15.2. The van der Waals surface area contributed by atoms with Crippen LogP contribution in [0.25, 0.3) is 0 Å². The Morgan fingerprint density at radius 1 is 0.938 bits per heavy atom. The first-order valence-corrected chi connectivity index (χ1v) is 18.4. The van der Waals surface area contributed by atoms with Crippen molar-refractivity contribution in [1.29, 1.82) is 0 Å². The molecular weight excluding hydrogens is 654 g/mol. The van der Waals surface area contributed by atoms with Crippen LogP contribution in [-0.4, -0.2) is 92.3 Å². The van der Waals surface area contributed by atoms with E-state index in [1.54, 1.807) is 29.2 Å². The summed E-state index contributed by atoms with van der Waals surface area (Å²) in [6, 6.07) is 20.1. The molecule has 3 aliphatic rings. The van der Waals surface area contributed by atoms with E-state index in [-0.39, 0.29) is 25.3 Å². The van der Waals surface area contributed by atoms with Crippen LogP contribution in [0.2, 0.25) is 5.02 Å². The Morgan fingerprint density at radius 2 is 1.58 bits per heavy atom. The van der Waals surface area contributed by atoms with Gasteiger partial charge in [-0.3, -0.25) is 18.8 Å². The Hall–Kier alpha value is -4.29. The number of para-hydroxylation sites is 2. The third kappa shape index (κ3) is 7.71. The highest BCUT2D eigenvalue weighted by Crippen LogP contribution is 2.37. The van der Waals surface area contributed by atoms with E-state index in [1.807, 2.05) is 48.5 Å². The van der Waals surface area contributed by atoms with E-state index in [9.17, 15) is 27.9 Å². The van der Waals surface area contributed by atoms with Crippen LogP contribution in [0.4, 0.5) is 16.2 Å². The number of carboxylic acid groups (broad SMARTS) is 1. The lowest BCUT2D eigenvalue weighted by Crippen LogP contribution is -2.59. The van der Waals surface area contributed by atoms with Gasteiger partial charge in [-0.2, -0.15) is 0 Å². The van der Waals surface area contributed by atoms with Crippen LogP contribution in [0.15, 0.2) is 72.8 Å². The summed E-state index contributed by atoms with van der Waals surface area (Å²) in [5, 5.41) is 13.4. The Morgan fingerprint density at radius 3 is 2.23 bits per heavy atom. The average molecular weight is 694 g/mol. The maximum atomic E-state index is 14.1. The van der Waals surface area contributed by atoms with Gasteiger partial charge in [-0.25, -0.2) is 13.2 Å². The van der Waals surface area contributed by atoms with Crippen LogP contribution in [0.3, 0.4) is 0 Å². The van der Waals surface area contributed by atoms with Gasteiger partial charge in [0.2, 0.25) is 21.8 Å². The van der Waals surface area contributed by atoms with Gasteiger partial charge in [0.25, 0.3) is 0 Å². The molecule has 0 bridgehead atoms. The molecule has 13 heteroatoms. The summed E-state index contributed by atoms with van der Waals surface area (Å²) in [5.74, 6) is -0.430. The van der Waals surface area contributed by atoms with Crippen molar-refractivity contribution >= 4 is 50.9 Å². The number of nitrogens with one attached hydrogen (secondary N) is 1. The van der Waals surface area contributed by atoms with Crippen LogP contribution < -0.4 is 14.5 Å². The number of amides is 3. The number of anilines is 2. The number of rotatable bonds is 10. The van der Waals surface area contributed by atoms with E-state index in [0.717, 1.165) is 40.1 Å². The summed E-state index contributed by atoms with van der Waals surface area (Å²) >= 11 is 6.11. The van der Waals surface area contributed by atoms with Crippen molar-refractivity contribution in [2.24, 2.45) is 5.92 Å². The summed E-state index contributed by atoms with van der Waals surface area (Å²) in [4.78, 5) is 45.1. The maximum absolute atomic E-state index is 14.1. The topological polar surface area (TPSA) is 131 Å². The molecule has 6 rings (SSSR count). The van der Waals surface area contributed by atoms with E-state index < -0.39 is 34.1 Å². The summed E-state index contributed by atoms with van der Waals surface area (Å²) in [7, 11) is -3.50. The molecule has 3 aromatic carbocycles. The molecule has 2 aliphatic heterocycles. The SMILES string of the molecule is CS(=O)(=O)N(CC1CC1)c1ccccc1N1CCN(C(=O)[C@@H](Cc2ccc(Cl)cc2)NC(=O)[C@@H]2Cc3ccccc3CN2C(=O)O)CC1. The van der Waals surface area contributed by atoms with Crippen LogP contribution >= 0.6 is 11.6 Å². The van der Waals surface area contributed by atoms with Crippen molar-refractivity contribution in [3.05, 3.63) is 94.5 Å². The van der Waals surface area contributed by atoms with Crippen LogP contribution in [0.5, 0.6) is 0 Å². The Kier molecular flexibility index (Phi) is 9.84. The van der Waals surface area contributed by atoms with E-state index >= 15 is 0 Å². The van der Waals surface area contributed by atoms with Crippen molar-refractivity contribution in [1.82, 2.24) is 15.1 Å². The van der Waals surface area contributed by atoms with Gasteiger partial charge in [0, 0.05) is 50.6 Å². The highest BCUT2D eigenvalue weighted by atomic mass is 35.5. The van der Waals surface area contributed by atoms with Gasteiger partial charge in [-0.05, 0) is 59.7 Å². The summed E-state index contributed by atoms with van der Waals surface area (Å²) in [6.07, 6.45) is 2.48. The number of hydrogen-bond acceptors (Lipinski definition) is 6. The molecule has 0 radical (unpaired) electrons. The zero-order valence-corrected chi connectivity index (χ0v) is 28.4. The fraction of sp³-hybridized carbons (Fsp3) is 0.400. The monoisotopic (exact) mass is 693 g/mol. The molecule has 1 aliphatic carbocycles. The maximum Gasteiger partial charge on any atom is 0.408 e. The third-order valence-electron chi connectivity index (χ3n) is 9.37. The first-order chi connectivity index (χ1) is 23.0. The zero-order chi connectivity index (χ0) is 34.0. The van der Waals surface area contributed by atoms with Crippen LogP contribution in [0.1, 0.15) is 29.5 Å². The number of hydrogen-bond donors (Lipinski definition) is 2.